The Bertz CT molecular complexity index is 773. The van der Waals surface area contributed by atoms with Gasteiger partial charge < -0.3 is 14.2 Å². The van der Waals surface area contributed by atoms with Crippen molar-refractivity contribution in [2.45, 2.75) is 33.1 Å². The first-order valence-electron chi connectivity index (χ1n) is 8.76. The SMILES string of the molecule is CCOC(=O)C1=C(C)N(CCc2cn(C)c3ccccc23)CCC1. The minimum absolute atomic E-state index is 0.148. The van der Waals surface area contributed by atoms with E-state index >= 15 is 0 Å². The third kappa shape index (κ3) is 3.18. The Morgan fingerprint density at radius 1 is 1.29 bits per heavy atom. The number of benzene rings is 1. The molecule has 0 atom stereocenters. The molecule has 24 heavy (non-hydrogen) atoms. The minimum atomic E-state index is -0.148. The average molecular weight is 326 g/mol. The molecule has 1 aliphatic heterocycles. The van der Waals surface area contributed by atoms with Gasteiger partial charge in [-0.25, -0.2) is 4.79 Å². The molecule has 0 spiro atoms. The summed E-state index contributed by atoms with van der Waals surface area (Å²) in [7, 11) is 2.09. The quantitative estimate of drug-likeness (QED) is 0.787. The predicted octanol–water partition coefficient (Wildman–Crippen LogP) is 3.65. The molecule has 0 bridgehead atoms. The molecule has 0 saturated carbocycles. The Labute approximate surface area is 143 Å². The number of rotatable bonds is 5. The molecule has 1 aromatic carbocycles. The van der Waals surface area contributed by atoms with Crippen LogP contribution in [0.25, 0.3) is 10.9 Å². The van der Waals surface area contributed by atoms with E-state index in [1.165, 1.54) is 16.5 Å². The number of allylic oxidation sites excluding steroid dienone is 1. The molecule has 1 aromatic heterocycles. The van der Waals surface area contributed by atoms with Crippen LogP contribution in [0.15, 0.2) is 41.7 Å². The van der Waals surface area contributed by atoms with Crippen molar-refractivity contribution in [3.05, 3.63) is 47.3 Å². The fraction of sp³-hybridized carbons (Fsp3) is 0.450. The van der Waals surface area contributed by atoms with Crippen LogP contribution in [0.4, 0.5) is 0 Å². The van der Waals surface area contributed by atoms with Gasteiger partial charge in [0.2, 0.25) is 0 Å². The van der Waals surface area contributed by atoms with Crippen LogP contribution < -0.4 is 0 Å². The average Bonchev–Trinajstić information content (AvgIpc) is 2.91. The number of aromatic nitrogens is 1. The summed E-state index contributed by atoms with van der Waals surface area (Å²) < 4.78 is 7.39. The van der Waals surface area contributed by atoms with Crippen LogP contribution in [0.3, 0.4) is 0 Å². The molecule has 0 amide bonds. The van der Waals surface area contributed by atoms with Gasteiger partial charge in [-0.15, -0.1) is 0 Å². The zero-order valence-corrected chi connectivity index (χ0v) is 14.8. The first kappa shape index (κ1) is 16.6. The number of esters is 1. The summed E-state index contributed by atoms with van der Waals surface area (Å²) in [6, 6.07) is 8.52. The molecule has 2 aromatic rings. The van der Waals surface area contributed by atoms with Crippen LogP contribution in [-0.2, 0) is 23.0 Å². The predicted molar refractivity (Wildman–Crippen MR) is 96.8 cm³/mol. The normalized spacial score (nSPS) is 15.2. The summed E-state index contributed by atoms with van der Waals surface area (Å²) in [5, 5.41) is 1.32. The van der Waals surface area contributed by atoms with Crippen molar-refractivity contribution in [1.82, 2.24) is 9.47 Å². The van der Waals surface area contributed by atoms with E-state index in [4.69, 9.17) is 4.74 Å². The highest BCUT2D eigenvalue weighted by Crippen LogP contribution is 2.25. The lowest BCUT2D eigenvalue weighted by molar-refractivity contribution is -0.139. The summed E-state index contributed by atoms with van der Waals surface area (Å²) in [5.74, 6) is -0.148. The number of nitrogens with zero attached hydrogens (tertiary/aromatic N) is 2. The van der Waals surface area contributed by atoms with Crippen molar-refractivity contribution < 1.29 is 9.53 Å². The lowest BCUT2D eigenvalue weighted by Crippen LogP contribution is -2.31. The lowest BCUT2D eigenvalue weighted by Gasteiger charge is -2.31. The first-order chi connectivity index (χ1) is 11.6. The Kier molecular flexibility index (Phi) is 4.93. The highest BCUT2D eigenvalue weighted by molar-refractivity contribution is 5.89. The molecule has 3 rings (SSSR count). The van der Waals surface area contributed by atoms with Crippen molar-refractivity contribution in [2.24, 2.45) is 7.05 Å². The molecule has 128 valence electrons. The Morgan fingerprint density at radius 3 is 2.88 bits per heavy atom. The van der Waals surface area contributed by atoms with Gasteiger partial charge in [-0.1, -0.05) is 18.2 Å². The second-order valence-corrected chi connectivity index (χ2v) is 6.41. The second-order valence-electron chi connectivity index (χ2n) is 6.41. The van der Waals surface area contributed by atoms with E-state index in [1.54, 1.807) is 0 Å². The van der Waals surface area contributed by atoms with Crippen LogP contribution in [0.5, 0.6) is 0 Å². The zero-order chi connectivity index (χ0) is 17.1. The highest BCUT2D eigenvalue weighted by atomic mass is 16.5. The fourth-order valence-corrected chi connectivity index (χ4v) is 3.61. The number of carbonyl (C=O) groups is 1. The van der Waals surface area contributed by atoms with E-state index in [9.17, 15) is 4.79 Å². The van der Waals surface area contributed by atoms with Gasteiger partial charge in [0.1, 0.15) is 0 Å². The van der Waals surface area contributed by atoms with Gasteiger partial charge >= 0.3 is 5.97 Å². The summed E-state index contributed by atoms with van der Waals surface area (Å²) in [6.45, 7) is 6.29. The standard InChI is InChI=1S/C20H26N2O2/c1-4-24-20(23)17-9-7-12-22(15(17)2)13-11-16-14-21(3)19-10-6-5-8-18(16)19/h5-6,8,10,14H,4,7,9,11-13H2,1-3H3. The minimum Gasteiger partial charge on any atom is -0.463 e. The van der Waals surface area contributed by atoms with Crippen molar-refractivity contribution in [3.8, 4) is 0 Å². The summed E-state index contributed by atoms with van der Waals surface area (Å²) in [6.07, 6.45) is 5.05. The summed E-state index contributed by atoms with van der Waals surface area (Å²) in [4.78, 5) is 14.4. The third-order valence-electron chi connectivity index (χ3n) is 4.92. The number of hydrogen-bond acceptors (Lipinski definition) is 3. The summed E-state index contributed by atoms with van der Waals surface area (Å²) in [5.41, 5.74) is 4.57. The number of ether oxygens (including phenoxy) is 1. The van der Waals surface area contributed by atoms with Gasteiger partial charge in [0, 0.05) is 42.9 Å². The van der Waals surface area contributed by atoms with Crippen LogP contribution in [0.2, 0.25) is 0 Å². The lowest BCUT2D eigenvalue weighted by atomic mass is 10.0. The molecule has 0 aliphatic carbocycles. The summed E-state index contributed by atoms with van der Waals surface area (Å²) >= 11 is 0. The van der Waals surface area contributed by atoms with Crippen molar-refractivity contribution >= 4 is 16.9 Å². The number of hydrogen-bond donors (Lipinski definition) is 0. The van der Waals surface area contributed by atoms with E-state index in [-0.39, 0.29) is 5.97 Å². The number of fused-ring (bicyclic) bond motifs is 1. The van der Waals surface area contributed by atoms with E-state index in [0.717, 1.165) is 43.6 Å². The molecule has 2 heterocycles. The third-order valence-corrected chi connectivity index (χ3v) is 4.92. The topological polar surface area (TPSA) is 34.5 Å². The van der Waals surface area contributed by atoms with Crippen LogP contribution in [0, 0.1) is 0 Å². The van der Waals surface area contributed by atoms with E-state index < -0.39 is 0 Å². The maximum atomic E-state index is 12.1. The number of para-hydroxylation sites is 1. The zero-order valence-electron chi connectivity index (χ0n) is 14.8. The number of aryl methyl sites for hydroxylation is 1. The van der Waals surface area contributed by atoms with E-state index in [1.807, 2.05) is 6.92 Å². The van der Waals surface area contributed by atoms with Gasteiger partial charge in [-0.05, 0) is 44.7 Å². The Morgan fingerprint density at radius 2 is 2.08 bits per heavy atom. The fourth-order valence-electron chi connectivity index (χ4n) is 3.61. The molecule has 0 N–H and O–H groups in total. The smallest absolute Gasteiger partial charge is 0.335 e. The maximum Gasteiger partial charge on any atom is 0.335 e. The van der Waals surface area contributed by atoms with Gasteiger partial charge in [-0.2, -0.15) is 0 Å². The molecular weight excluding hydrogens is 300 g/mol. The molecule has 4 nitrogen and oxygen atoms in total. The van der Waals surface area contributed by atoms with Crippen molar-refractivity contribution in [2.75, 3.05) is 19.7 Å². The van der Waals surface area contributed by atoms with Gasteiger partial charge in [0.25, 0.3) is 0 Å². The Balaban J connectivity index is 1.76. The molecule has 4 heteroatoms. The monoisotopic (exact) mass is 326 g/mol. The largest absolute Gasteiger partial charge is 0.463 e. The highest BCUT2D eigenvalue weighted by Gasteiger charge is 2.22. The molecular formula is C20H26N2O2. The van der Waals surface area contributed by atoms with Crippen molar-refractivity contribution in [3.63, 3.8) is 0 Å². The molecule has 0 fully saturated rings. The van der Waals surface area contributed by atoms with Gasteiger partial charge in [0.05, 0.1) is 12.2 Å². The Hall–Kier alpha value is -2.23. The molecule has 0 radical (unpaired) electrons. The van der Waals surface area contributed by atoms with Gasteiger partial charge in [-0.3, -0.25) is 0 Å². The van der Waals surface area contributed by atoms with Crippen LogP contribution in [0.1, 0.15) is 32.3 Å². The van der Waals surface area contributed by atoms with E-state index in [2.05, 4.69) is 53.9 Å². The first-order valence-corrected chi connectivity index (χ1v) is 8.76. The van der Waals surface area contributed by atoms with Crippen molar-refractivity contribution in [1.29, 1.82) is 0 Å². The van der Waals surface area contributed by atoms with Crippen LogP contribution >= 0.6 is 0 Å². The maximum absolute atomic E-state index is 12.1. The van der Waals surface area contributed by atoms with Crippen LogP contribution in [-0.4, -0.2) is 35.1 Å². The number of carbonyl (C=O) groups excluding carboxylic acids is 1. The molecule has 0 unspecified atom stereocenters. The molecule has 0 saturated heterocycles. The molecule has 1 aliphatic rings. The van der Waals surface area contributed by atoms with Gasteiger partial charge in [0.15, 0.2) is 0 Å². The second kappa shape index (κ2) is 7.12. The van der Waals surface area contributed by atoms with E-state index in [0.29, 0.717) is 6.61 Å².